The first-order valence-electron chi connectivity index (χ1n) is 6.85. The molecule has 21 heavy (non-hydrogen) atoms. The molecule has 1 aromatic rings. The van der Waals surface area contributed by atoms with Crippen LogP contribution in [0, 0.1) is 0 Å². The van der Waals surface area contributed by atoms with E-state index in [4.69, 9.17) is 4.74 Å². The second-order valence-corrected chi connectivity index (χ2v) is 23.6. The van der Waals surface area contributed by atoms with Crippen LogP contribution in [0.4, 0.5) is 14.6 Å². The molecule has 0 saturated carbocycles. The number of hydrogen-bond donors (Lipinski definition) is 0. The minimum atomic E-state index is -2.98. The van der Waals surface area contributed by atoms with E-state index >= 15 is 0 Å². The van der Waals surface area contributed by atoms with Gasteiger partial charge in [0.2, 0.25) is 0 Å². The van der Waals surface area contributed by atoms with E-state index in [1.807, 2.05) is 6.07 Å². The molecule has 0 atom stereocenters. The van der Waals surface area contributed by atoms with Crippen LogP contribution in [0.2, 0.25) is 8.35 Å². The molecule has 116 valence electrons. The summed E-state index contributed by atoms with van der Waals surface area (Å²) in [5.74, 6) is -1.72. The number of hydrogen-bond acceptors (Lipinski definition) is 4. The quantitative estimate of drug-likeness (QED) is 0.548. The summed E-state index contributed by atoms with van der Waals surface area (Å²) in [6.45, 7) is 0.803. The molecule has 1 saturated heterocycles. The maximum atomic E-state index is 13.2. The predicted octanol–water partition coefficient (Wildman–Crippen LogP) is 2.99. The zero-order valence-corrected chi connectivity index (χ0v) is 17.3. The Morgan fingerprint density at radius 3 is 2.62 bits per heavy atom. The average Bonchev–Trinajstić information content (AvgIpc) is 2.47. The van der Waals surface area contributed by atoms with Crippen molar-refractivity contribution >= 4 is 41.2 Å². The van der Waals surface area contributed by atoms with Gasteiger partial charge in [0.05, 0.1) is 0 Å². The van der Waals surface area contributed by atoms with E-state index in [1.165, 1.54) is 21.7 Å². The van der Waals surface area contributed by atoms with Gasteiger partial charge in [0, 0.05) is 7.11 Å². The number of pyridine rings is 1. The molecule has 8 heteroatoms. The van der Waals surface area contributed by atoms with Gasteiger partial charge in [-0.1, -0.05) is 0 Å². The summed E-state index contributed by atoms with van der Waals surface area (Å²) in [6, 6.07) is 3.54. The van der Waals surface area contributed by atoms with E-state index in [-0.39, 0.29) is 0 Å². The molecule has 1 aliphatic heterocycles. The Labute approximate surface area is 140 Å². The number of alkyl halides is 2. The minimum absolute atomic E-state index is 0.359. The molecular weight excluding hydrogens is 496 g/mol. The second-order valence-electron chi connectivity index (χ2n) is 5.09. The van der Waals surface area contributed by atoms with Crippen molar-refractivity contribution in [2.45, 2.75) is 14.3 Å². The Bertz CT molecular complexity index is 442. The molecule has 0 bridgehead atoms. The van der Waals surface area contributed by atoms with Crippen LogP contribution >= 0.6 is 18.1 Å². The molecule has 1 aliphatic rings. The SMILES string of the molecule is COCC(F)(F)COc1ccc(N2C[CH2][In]([I])[CH2]C2)nc1. The predicted molar refractivity (Wildman–Crippen MR) is 88.2 cm³/mol. The second kappa shape index (κ2) is 8.14. The van der Waals surface area contributed by atoms with Gasteiger partial charge in [-0.3, -0.25) is 0 Å². The standard InChI is InChI=1S/C13H18F2N2O2.HI.In/c1-4-17(5-2)12-7-6-11(8-16-12)19-10-13(14,15)9-18-3;;/h6-8H,1-2,4-5,9-10H2,3H3;1H;/q;;+1/p-1. The van der Waals surface area contributed by atoms with Gasteiger partial charge in [-0.15, -0.1) is 0 Å². The normalized spacial score (nSPS) is 16.2. The molecule has 0 radical (unpaired) electrons. The summed E-state index contributed by atoms with van der Waals surface area (Å²) in [5, 5.41) is 0. The fourth-order valence-electron chi connectivity index (χ4n) is 2.16. The fourth-order valence-corrected chi connectivity index (χ4v) is 10.1. The zero-order valence-electron chi connectivity index (χ0n) is 11.9. The Kier molecular flexibility index (Phi) is 6.80. The van der Waals surface area contributed by atoms with Crippen LogP contribution in [0.1, 0.15) is 0 Å². The summed E-state index contributed by atoms with van der Waals surface area (Å²) in [4.78, 5) is 6.58. The number of methoxy groups -OCH3 is 1. The van der Waals surface area contributed by atoms with Gasteiger partial charge in [0.15, 0.2) is 0 Å². The third-order valence-corrected chi connectivity index (χ3v) is 16.7. The zero-order chi connectivity index (χ0) is 15.3. The van der Waals surface area contributed by atoms with E-state index in [0.717, 1.165) is 18.9 Å². The first-order chi connectivity index (χ1) is 10.00. The van der Waals surface area contributed by atoms with Crippen molar-refractivity contribution in [2.75, 3.05) is 38.3 Å². The summed E-state index contributed by atoms with van der Waals surface area (Å²) in [7, 11) is 1.24. The van der Waals surface area contributed by atoms with Crippen LogP contribution in [0.15, 0.2) is 18.3 Å². The molecule has 1 fully saturated rings. The van der Waals surface area contributed by atoms with Crippen molar-refractivity contribution < 1.29 is 18.3 Å². The van der Waals surface area contributed by atoms with Gasteiger partial charge >= 0.3 is 134 Å². The summed E-state index contributed by atoms with van der Waals surface area (Å²) in [5.41, 5.74) is 0. The summed E-state index contributed by atoms with van der Waals surface area (Å²) < 4.78 is 38.7. The molecule has 0 amide bonds. The van der Waals surface area contributed by atoms with Crippen LogP contribution in [-0.4, -0.2) is 61.6 Å². The maximum absolute atomic E-state index is 13.2. The van der Waals surface area contributed by atoms with E-state index < -0.39 is 36.4 Å². The third kappa shape index (κ3) is 5.70. The molecular formula is C13H18F2IInN2O2. The molecule has 0 N–H and O–H groups in total. The first kappa shape index (κ1) is 17.5. The van der Waals surface area contributed by atoms with E-state index in [0.29, 0.717) is 5.75 Å². The molecule has 2 heterocycles. The van der Waals surface area contributed by atoms with Crippen molar-refractivity contribution in [1.29, 1.82) is 0 Å². The van der Waals surface area contributed by atoms with Gasteiger partial charge in [-0.05, 0) is 0 Å². The first-order valence-corrected chi connectivity index (χ1v) is 21.1. The Morgan fingerprint density at radius 1 is 1.33 bits per heavy atom. The Hall–Kier alpha value is 0.170. The van der Waals surface area contributed by atoms with Crippen LogP contribution < -0.4 is 9.64 Å². The number of ether oxygens (including phenoxy) is 2. The molecule has 0 aromatic carbocycles. The Morgan fingerprint density at radius 2 is 2.05 bits per heavy atom. The van der Waals surface area contributed by atoms with Gasteiger partial charge < -0.3 is 0 Å². The molecule has 1 aromatic heterocycles. The van der Waals surface area contributed by atoms with Crippen molar-refractivity contribution in [2.24, 2.45) is 0 Å². The number of halogens is 3. The molecule has 4 nitrogen and oxygen atoms in total. The van der Waals surface area contributed by atoms with Crippen molar-refractivity contribution in [3.63, 3.8) is 0 Å². The molecule has 2 rings (SSSR count). The molecule has 0 spiro atoms. The van der Waals surface area contributed by atoms with Gasteiger partial charge in [-0.2, -0.15) is 0 Å². The van der Waals surface area contributed by atoms with Crippen molar-refractivity contribution in [3.05, 3.63) is 18.3 Å². The molecule has 0 aliphatic carbocycles. The third-order valence-electron chi connectivity index (χ3n) is 3.27. The van der Waals surface area contributed by atoms with Gasteiger partial charge in [-0.25, -0.2) is 0 Å². The van der Waals surface area contributed by atoms with Crippen molar-refractivity contribution in [1.82, 2.24) is 4.98 Å². The summed E-state index contributed by atoms with van der Waals surface area (Å²) >= 11 is 1.52. The number of rotatable bonds is 6. The van der Waals surface area contributed by atoms with Crippen LogP contribution in [0.5, 0.6) is 5.75 Å². The van der Waals surface area contributed by atoms with E-state index in [9.17, 15) is 8.78 Å². The number of nitrogens with zero attached hydrogens (tertiary/aromatic N) is 2. The monoisotopic (exact) mass is 514 g/mol. The van der Waals surface area contributed by atoms with E-state index in [1.54, 1.807) is 6.07 Å². The van der Waals surface area contributed by atoms with Gasteiger partial charge in [0.1, 0.15) is 0 Å². The van der Waals surface area contributed by atoms with Crippen LogP contribution in [-0.2, 0) is 4.74 Å². The Balaban J connectivity index is 1.87. The number of aromatic nitrogens is 1. The summed E-state index contributed by atoms with van der Waals surface area (Å²) in [6.07, 6.45) is 1.51. The van der Waals surface area contributed by atoms with Crippen LogP contribution in [0.25, 0.3) is 0 Å². The average molecular weight is 514 g/mol. The fraction of sp³-hybridized carbons (Fsp3) is 0.615. The van der Waals surface area contributed by atoms with Crippen LogP contribution in [0.3, 0.4) is 0 Å². The topological polar surface area (TPSA) is 34.6 Å². The number of anilines is 1. The van der Waals surface area contributed by atoms with E-state index in [2.05, 4.69) is 32.8 Å². The van der Waals surface area contributed by atoms with Crippen molar-refractivity contribution in [3.8, 4) is 5.75 Å². The molecule has 0 unspecified atom stereocenters. The van der Waals surface area contributed by atoms with Gasteiger partial charge in [0.25, 0.3) is 0 Å².